The van der Waals surface area contributed by atoms with Crippen molar-refractivity contribution in [2.45, 2.75) is 20.3 Å². The highest BCUT2D eigenvalue weighted by Gasteiger charge is 2.19. The largest absolute Gasteiger partial charge is 0.488 e. The molecule has 0 saturated carbocycles. The number of ether oxygens (including phenoxy) is 2. The third kappa shape index (κ3) is 3.11. The molecular formula is C25H25N3O3. The first-order valence-electron chi connectivity index (χ1n) is 10.7. The SMILES string of the molecule is CCOC(=O)c1ccc2[nH]c3c(OCCN)c4[nH]c5ccc(CC)cc5c4cc3c2c1. The number of hydrogen-bond donors (Lipinski definition) is 3. The first kappa shape index (κ1) is 19.5. The van der Waals surface area contributed by atoms with Crippen molar-refractivity contribution >= 4 is 49.6 Å². The van der Waals surface area contributed by atoms with Gasteiger partial charge in [0, 0.05) is 39.1 Å². The number of carbonyl (C=O) groups excluding carboxylic acids is 1. The lowest BCUT2D eigenvalue weighted by atomic mass is 10.0. The molecule has 5 rings (SSSR count). The fourth-order valence-corrected chi connectivity index (χ4v) is 4.27. The molecular weight excluding hydrogens is 390 g/mol. The number of esters is 1. The summed E-state index contributed by atoms with van der Waals surface area (Å²) < 4.78 is 11.3. The van der Waals surface area contributed by atoms with Crippen LogP contribution in [0, 0.1) is 0 Å². The van der Waals surface area contributed by atoms with Crippen molar-refractivity contribution in [3.05, 3.63) is 53.6 Å². The molecule has 0 amide bonds. The van der Waals surface area contributed by atoms with Crippen LogP contribution in [0.4, 0.5) is 0 Å². The summed E-state index contributed by atoms with van der Waals surface area (Å²) in [5.41, 5.74) is 11.4. The van der Waals surface area contributed by atoms with E-state index in [-0.39, 0.29) is 5.97 Å². The number of aryl methyl sites for hydroxylation is 1. The Morgan fingerprint density at radius 1 is 0.903 bits per heavy atom. The van der Waals surface area contributed by atoms with E-state index in [0.29, 0.717) is 25.3 Å². The molecule has 4 N–H and O–H groups in total. The zero-order chi connectivity index (χ0) is 21.5. The standard InChI is InChI=1S/C25H25N3O3/c1-3-14-5-7-20-16(11-14)18-13-19-17-12-15(25(29)30-4-2)6-8-21(17)28-23(19)24(22(18)27-20)31-10-9-26/h5-8,11-13,27-28H,3-4,9-10,26H2,1-2H3. The fourth-order valence-electron chi connectivity index (χ4n) is 4.27. The Labute approximate surface area is 179 Å². The fraction of sp³-hybridized carbons (Fsp3) is 0.240. The molecule has 158 valence electrons. The number of nitrogens with two attached hydrogens (primary N) is 1. The minimum absolute atomic E-state index is 0.320. The second-order valence-electron chi connectivity index (χ2n) is 7.65. The molecule has 2 heterocycles. The number of hydrogen-bond acceptors (Lipinski definition) is 4. The first-order chi connectivity index (χ1) is 15.1. The highest BCUT2D eigenvalue weighted by molar-refractivity contribution is 6.21. The maximum Gasteiger partial charge on any atom is 0.338 e. The van der Waals surface area contributed by atoms with Crippen LogP contribution < -0.4 is 10.5 Å². The van der Waals surface area contributed by atoms with Crippen LogP contribution >= 0.6 is 0 Å². The minimum Gasteiger partial charge on any atom is -0.488 e. The molecule has 0 atom stereocenters. The van der Waals surface area contributed by atoms with Gasteiger partial charge in [-0.1, -0.05) is 13.0 Å². The lowest BCUT2D eigenvalue weighted by molar-refractivity contribution is 0.0526. The predicted molar refractivity (Wildman–Crippen MR) is 125 cm³/mol. The maximum atomic E-state index is 12.3. The summed E-state index contributed by atoms with van der Waals surface area (Å²) in [7, 11) is 0. The lowest BCUT2D eigenvalue weighted by Crippen LogP contribution is -2.11. The average Bonchev–Trinajstić information content (AvgIpc) is 3.34. The Morgan fingerprint density at radius 2 is 1.58 bits per heavy atom. The van der Waals surface area contributed by atoms with E-state index in [9.17, 15) is 4.79 Å². The summed E-state index contributed by atoms with van der Waals surface area (Å²) in [4.78, 5) is 19.3. The van der Waals surface area contributed by atoms with Gasteiger partial charge in [0.25, 0.3) is 0 Å². The Balaban J connectivity index is 1.85. The van der Waals surface area contributed by atoms with E-state index in [4.69, 9.17) is 15.2 Å². The van der Waals surface area contributed by atoms with E-state index >= 15 is 0 Å². The van der Waals surface area contributed by atoms with E-state index in [1.165, 1.54) is 5.56 Å². The van der Waals surface area contributed by atoms with Gasteiger partial charge in [0.05, 0.1) is 23.2 Å². The summed E-state index contributed by atoms with van der Waals surface area (Å²) in [5.74, 6) is 0.431. The Bertz CT molecular complexity index is 1450. The number of carbonyl (C=O) groups is 1. The van der Waals surface area contributed by atoms with Gasteiger partial charge in [0.1, 0.15) is 6.61 Å². The van der Waals surface area contributed by atoms with E-state index in [1.807, 2.05) is 19.1 Å². The van der Waals surface area contributed by atoms with E-state index in [0.717, 1.165) is 55.8 Å². The molecule has 31 heavy (non-hydrogen) atoms. The monoisotopic (exact) mass is 415 g/mol. The zero-order valence-corrected chi connectivity index (χ0v) is 17.7. The van der Waals surface area contributed by atoms with Crippen LogP contribution in [0.1, 0.15) is 29.8 Å². The third-order valence-corrected chi connectivity index (χ3v) is 5.77. The third-order valence-electron chi connectivity index (χ3n) is 5.77. The number of aromatic nitrogens is 2. The van der Waals surface area contributed by atoms with E-state index in [2.05, 4.69) is 41.2 Å². The number of fused-ring (bicyclic) bond motifs is 6. The lowest BCUT2D eigenvalue weighted by Gasteiger charge is -2.08. The van der Waals surface area contributed by atoms with Gasteiger partial charge in [-0.05, 0) is 55.3 Å². The highest BCUT2D eigenvalue weighted by Crippen LogP contribution is 2.41. The van der Waals surface area contributed by atoms with Crippen LogP contribution in [0.15, 0.2) is 42.5 Å². The molecule has 6 heteroatoms. The molecule has 0 bridgehead atoms. The molecule has 2 aromatic heterocycles. The van der Waals surface area contributed by atoms with Gasteiger partial charge in [0.2, 0.25) is 0 Å². The molecule has 6 nitrogen and oxygen atoms in total. The van der Waals surface area contributed by atoms with Crippen LogP contribution in [-0.4, -0.2) is 35.7 Å². The summed E-state index contributed by atoms with van der Waals surface area (Å²) in [6.45, 7) is 5.14. The van der Waals surface area contributed by atoms with Gasteiger partial charge in [-0.2, -0.15) is 0 Å². The van der Waals surface area contributed by atoms with Gasteiger partial charge >= 0.3 is 5.97 Å². The number of H-pyrrole nitrogens is 2. The van der Waals surface area contributed by atoms with Crippen molar-refractivity contribution in [2.75, 3.05) is 19.8 Å². The molecule has 0 unspecified atom stereocenters. The van der Waals surface area contributed by atoms with Crippen molar-refractivity contribution in [3.8, 4) is 5.75 Å². The van der Waals surface area contributed by atoms with E-state index < -0.39 is 0 Å². The molecule has 0 aliphatic rings. The Kier molecular flexibility index (Phi) is 4.79. The Morgan fingerprint density at radius 3 is 2.23 bits per heavy atom. The molecule has 0 saturated heterocycles. The molecule has 0 spiro atoms. The van der Waals surface area contributed by atoms with Gasteiger partial charge in [-0.3, -0.25) is 0 Å². The van der Waals surface area contributed by atoms with Crippen molar-refractivity contribution in [1.29, 1.82) is 0 Å². The molecule has 5 aromatic rings. The van der Waals surface area contributed by atoms with E-state index in [1.54, 1.807) is 6.07 Å². The summed E-state index contributed by atoms with van der Waals surface area (Å²) in [5, 5.41) is 4.21. The van der Waals surface area contributed by atoms with Crippen LogP contribution in [0.5, 0.6) is 5.75 Å². The maximum absolute atomic E-state index is 12.3. The molecule has 0 fully saturated rings. The van der Waals surface area contributed by atoms with Gasteiger partial charge in [-0.25, -0.2) is 4.79 Å². The summed E-state index contributed by atoms with van der Waals surface area (Å²) >= 11 is 0. The van der Waals surface area contributed by atoms with Gasteiger partial charge in [-0.15, -0.1) is 0 Å². The highest BCUT2D eigenvalue weighted by atomic mass is 16.5. The number of rotatable bonds is 6. The average molecular weight is 415 g/mol. The summed E-state index contributed by atoms with van der Waals surface area (Å²) in [6, 6.07) is 14.2. The van der Waals surface area contributed by atoms with Gasteiger partial charge < -0.3 is 25.2 Å². The Hall–Kier alpha value is -3.51. The molecule has 0 radical (unpaired) electrons. The van der Waals surface area contributed by atoms with Crippen molar-refractivity contribution in [2.24, 2.45) is 5.73 Å². The van der Waals surface area contributed by atoms with Crippen LogP contribution in [0.25, 0.3) is 43.6 Å². The second kappa shape index (κ2) is 7.63. The minimum atomic E-state index is -0.320. The smallest absolute Gasteiger partial charge is 0.338 e. The van der Waals surface area contributed by atoms with Crippen LogP contribution in [0.2, 0.25) is 0 Å². The van der Waals surface area contributed by atoms with Crippen LogP contribution in [-0.2, 0) is 11.2 Å². The first-order valence-corrected chi connectivity index (χ1v) is 10.7. The van der Waals surface area contributed by atoms with Gasteiger partial charge in [0.15, 0.2) is 5.75 Å². The van der Waals surface area contributed by atoms with Crippen molar-refractivity contribution in [3.63, 3.8) is 0 Å². The predicted octanol–water partition coefficient (Wildman–Crippen LogP) is 5.03. The van der Waals surface area contributed by atoms with Crippen molar-refractivity contribution < 1.29 is 14.3 Å². The van der Waals surface area contributed by atoms with Crippen LogP contribution in [0.3, 0.4) is 0 Å². The zero-order valence-electron chi connectivity index (χ0n) is 17.7. The second-order valence-corrected chi connectivity index (χ2v) is 7.65. The quantitative estimate of drug-likeness (QED) is 0.339. The number of benzene rings is 3. The number of aromatic amines is 2. The number of nitrogens with one attached hydrogen (secondary N) is 2. The molecule has 3 aromatic carbocycles. The summed E-state index contributed by atoms with van der Waals surface area (Å²) in [6.07, 6.45) is 0.970. The molecule has 0 aliphatic heterocycles. The van der Waals surface area contributed by atoms with Crippen molar-refractivity contribution in [1.82, 2.24) is 9.97 Å². The topological polar surface area (TPSA) is 93.1 Å². The normalized spacial score (nSPS) is 11.7. The molecule has 0 aliphatic carbocycles.